The van der Waals surface area contributed by atoms with Crippen LogP contribution < -0.4 is 10.5 Å². The molecule has 0 aliphatic rings. The summed E-state index contributed by atoms with van der Waals surface area (Å²) >= 11 is 5.53. The van der Waals surface area contributed by atoms with Crippen LogP contribution in [0.4, 0.5) is 15.9 Å². The van der Waals surface area contributed by atoms with Gasteiger partial charge in [0.25, 0.3) is 10.0 Å². The fourth-order valence-electron chi connectivity index (χ4n) is 1.33. The maximum atomic E-state index is 13.1. The number of benzene rings is 1. The first-order chi connectivity index (χ1) is 8.88. The number of rotatable bonds is 3. The normalized spacial score (nSPS) is 11.3. The lowest BCUT2D eigenvalue weighted by atomic mass is 10.3. The molecule has 1 heterocycles. The van der Waals surface area contributed by atoms with Gasteiger partial charge < -0.3 is 5.73 Å². The standard InChI is InChI=1S/C10H8ClFN4O2S/c11-10-14-4-3-9(15-10)16-19(17,18)8-5-6(12)1-2-7(8)13/h1-5H,13H2,(H,14,15,16). The summed E-state index contributed by atoms with van der Waals surface area (Å²) in [5.41, 5.74) is 5.44. The zero-order chi connectivity index (χ0) is 14.0. The van der Waals surface area contributed by atoms with Crippen molar-refractivity contribution < 1.29 is 12.8 Å². The van der Waals surface area contributed by atoms with Gasteiger partial charge in [-0.15, -0.1) is 0 Å². The van der Waals surface area contributed by atoms with E-state index in [1.165, 1.54) is 12.3 Å². The first-order valence-corrected chi connectivity index (χ1v) is 6.81. The van der Waals surface area contributed by atoms with Gasteiger partial charge in [-0.05, 0) is 35.9 Å². The SMILES string of the molecule is Nc1ccc(F)cc1S(=O)(=O)Nc1ccnc(Cl)n1. The summed E-state index contributed by atoms with van der Waals surface area (Å²) in [5.74, 6) is -0.751. The van der Waals surface area contributed by atoms with Crippen LogP contribution in [0.3, 0.4) is 0 Å². The second-order valence-corrected chi connectivity index (χ2v) is 5.49. The molecule has 6 nitrogen and oxygen atoms in total. The Morgan fingerprint density at radius 3 is 2.74 bits per heavy atom. The molecule has 19 heavy (non-hydrogen) atoms. The van der Waals surface area contributed by atoms with Crippen molar-refractivity contribution in [2.75, 3.05) is 10.5 Å². The Balaban J connectivity index is 2.40. The van der Waals surface area contributed by atoms with Gasteiger partial charge in [0.2, 0.25) is 5.28 Å². The molecular formula is C10H8ClFN4O2S. The average Bonchev–Trinajstić information content (AvgIpc) is 2.31. The molecule has 0 saturated heterocycles. The third-order valence-electron chi connectivity index (χ3n) is 2.13. The monoisotopic (exact) mass is 302 g/mol. The lowest BCUT2D eigenvalue weighted by molar-refractivity contribution is 0.596. The molecule has 0 spiro atoms. The molecule has 0 radical (unpaired) electrons. The van der Waals surface area contributed by atoms with Gasteiger partial charge in [0, 0.05) is 6.20 Å². The van der Waals surface area contributed by atoms with Gasteiger partial charge in [-0.1, -0.05) is 0 Å². The molecule has 0 bridgehead atoms. The van der Waals surface area contributed by atoms with Crippen LogP contribution in [0.1, 0.15) is 0 Å². The summed E-state index contributed by atoms with van der Waals surface area (Å²) in [6.07, 6.45) is 1.28. The summed E-state index contributed by atoms with van der Waals surface area (Å²) < 4.78 is 39.3. The predicted octanol–water partition coefficient (Wildman–Crippen LogP) is 1.65. The smallest absolute Gasteiger partial charge is 0.265 e. The Kier molecular flexibility index (Phi) is 3.54. The lowest BCUT2D eigenvalue weighted by Gasteiger charge is -2.09. The third-order valence-corrected chi connectivity index (χ3v) is 3.72. The summed E-state index contributed by atoms with van der Waals surface area (Å²) in [6.45, 7) is 0. The molecule has 0 fully saturated rings. The molecule has 100 valence electrons. The molecule has 2 aromatic rings. The van der Waals surface area contributed by atoms with E-state index in [2.05, 4.69) is 14.7 Å². The van der Waals surface area contributed by atoms with E-state index in [9.17, 15) is 12.8 Å². The highest BCUT2D eigenvalue weighted by atomic mass is 35.5. The molecule has 0 saturated carbocycles. The van der Waals surface area contributed by atoms with Crippen LogP contribution in [-0.2, 0) is 10.0 Å². The number of halogens is 2. The maximum Gasteiger partial charge on any atom is 0.265 e. The van der Waals surface area contributed by atoms with E-state index in [0.29, 0.717) is 0 Å². The van der Waals surface area contributed by atoms with Crippen LogP contribution in [0.15, 0.2) is 35.4 Å². The summed E-state index contributed by atoms with van der Waals surface area (Å²) in [5, 5.41) is -0.118. The maximum absolute atomic E-state index is 13.1. The van der Waals surface area contributed by atoms with Crippen LogP contribution in [0.25, 0.3) is 0 Å². The first-order valence-electron chi connectivity index (χ1n) is 4.95. The van der Waals surface area contributed by atoms with Crippen LogP contribution >= 0.6 is 11.6 Å². The molecule has 9 heteroatoms. The Bertz CT molecular complexity index is 723. The van der Waals surface area contributed by atoms with Crippen molar-refractivity contribution in [3.63, 3.8) is 0 Å². The minimum absolute atomic E-state index is 0.0383. The third kappa shape index (κ3) is 3.09. The largest absolute Gasteiger partial charge is 0.398 e. The van der Waals surface area contributed by atoms with Crippen molar-refractivity contribution in [1.29, 1.82) is 0 Å². The van der Waals surface area contributed by atoms with Crippen molar-refractivity contribution in [1.82, 2.24) is 9.97 Å². The van der Waals surface area contributed by atoms with Gasteiger partial charge >= 0.3 is 0 Å². The van der Waals surface area contributed by atoms with Gasteiger partial charge in [0.05, 0.1) is 5.69 Å². The minimum Gasteiger partial charge on any atom is -0.398 e. The Hall–Kier alpha value is -1.93. The Morgan fingerprint density at radius 1 is 1.32 bits per heavy atom. The molecule has 0 atom stereocenters. The van der Waals surface area contributed by atoms with Gasteiger partial charge in [0.15, 0.2) is 0 Å². The number of nitrogen functional groups attached to an aromatic ring is 1. The summed E-state index contributed by atoms with van der Waals surface area (Å²) in [4.78, 5) is 6.90. The highest BCUT2D eigenvalue weighted by Gasteiger charge is 2.19. The van der Waals surface area contributed by atoms with E-state index >= 15 is 0 Å². The number of nitrogens with one attached hydrogen (secondary N) is 1. The van der Waals surface area contributed by atoms with Crippen LogP contribution in [0.5, 0.6) is 0 Å². The molecule has 1 aromatic heterocycles. The Labute approximate surface area is 113 Å². The number of anilines is 2. The number of aromatic nitrogens is 2. The van der Waals surface area contributed by atoms with Crippen molar-refractivity contribution in [3.8, 4) is 0 Å². The number of nitrogens with two attached hydrogens (primary N) is 1. The Morgan fingerprint density at radius 2 is 2.05 bits per heavy atom. The van der Waals surface area contributed by atoms with Crippen molar-refractivity contribution >= 4 is 33.1 Å². The fourth-order valence-corrected chi connectivity index (χ4v) is 2.62. The molecule has 2 rings (SSSR count). The number of hydrogen-bond donors (Lipinski definition) is 2. The van der Waals surface area contributed by atoms with Gasteiger partial charge in [-0.3, -0.25) is 4.72 Å². The highest BCUT2D eigenvalue weighted by Crippen LogP contribution is 2.21. The molecular weight excluding hydrogens is 295 g/mol. The van der Waals surface area contributed by atoms with E-state index in [-0.39, 0.29) is 21.7 Å². The van der Waals surface area contributed by atoms with Gasteiger partial charge in [-0.2, -0.15) is 4.98 Å². The van der Waals surface area contributed by atoms with Gasteiger partial charge in [0.1, 0.15) is 16.5 Å². The average molecular weight is 303 g/mol. The molecule has 0 aliphatic heterocycles. The molecule has 1 aromatic carbocycles. The second kappa shape index (κ2) is 4.98. The molecule has 0 amide bonds. The van der Waals surface area contributed by atoms with Crippen LogP contribution in [0.2, 0.25) is 5.28 Å². The second-order valence-electron chi connectivity index (χ2n) is 3.50. The van der Waals surface area contributed by atoms with Crippen molar-refractivity contribution in [3.05, 3.63) is 41.6 Å². The summed E-state index contributed by atoms with van der Waals surface area (Å²) in [6, 6.07) is 4.35. The fraction of sp³-hybridized carbons (Fsp3) is 0. The zero-order valence-corrected chi connectivity index (χ0v) is 10.9. The van der Waals surface area contributed by atoms with E-state index in [4.69, 9.17) is 17.3 Å². The highest BCUT2D eigenvalue weighted by molar-refractivity contribution is 7.92. The first kappa shape index (κ1) is 13.5. The molecule has 3 N–H and O–H groups in total. The van der Waals surface area contributed by atoms with Crippen LogP contribution in [0, 0.1) is 5.82 Å². The number of hydrogen-bond acceptors (Lipinski definition) is 5. The van der Waals surface area contributed by atoms with Crippen molar-refractivity contribution in [2.24, 2.45) is 0 Å². The van der Waals surface area contributed by atoms with Crippen LogP contribution in [-0.4, -0.2) is 18.4 Å². The molecule has 0 aliphatic carbocycles. The predicted molar refractivity (Wildman–Crippen MR) is 68.7 cm³/mol. The molecule has 0 unspecified atom stereocenters. The van der Waals surface area contributed by atoms with Gasteiger partial charge in [-0.25, -0.2) is 17.8 Å². The number of sulfonamides is 1. The quantitative estimate of drug-likeness (QED) is 0.663. The minimum atomic E-state index is -4.05. The van der Waals surface area contributed by atoms with E-state index in [1.54, 1.807) is 0 Å². The van der Waals surface area contributed by atoms with E-state index in [0.717, 1.165) is 18.2 Å². The van der Waals surface area contributed by atoms with E-state index in [1.807, 2.05) is 0 Å². The zero-order valence-electron chi connectivity index (χ0n) is 9.34. The topological polar surface area (TPSA) is 98.0 Å². The lowest BCUT2D eigenvalue weighted by Crippen LogP contribution is -2.16. The van der Waals surface area contributed by atoms with E-state index < -0.39 is 15.8 Å². The summed E-state index contributed by atoms with van der Waals surface area (Å²) in [7, 11) is -4.05. The number of nitrogens with zero attached hydrogens (tertiary/aromatic N) is 2. The van der Waals surface area contributed by atoms with Crippen molar-refractivity contribution in [2.45, 2.75) is 4.90 Å².